The molecule has 0 spiro atoms. The van der Waals surface area contributed by atoms with Gasteiger partial charge in [-0.2, -0.15) is 0 Å². The van der Waals surface area contributed by atoms with Crippen molar-refractivity contribution in [2.24, 2.45) is 5.73 Å². The Morgan fingerprint density at radius 2 is 1.57 bits per heavy atom. The molecule has 0 saturated carbocycles. The van der Waals surface area contributed by atoms with Crippen LogP contribution in [0.2, 0.25) is 5.02 Å². The summed E-state index contributed by atoms with van der Waals surface area (Å²) in [6.45, 7) is 1.78. The van der Waals surface area contributed by atoms with Crippen molar-refractivity contribution in [2.75, 3.05) is 33.8 Å². The zero-order valence-corrected chi connectivity index (χ0v) is 17.0. The van der Waals surface area contributed by atoms with Crippen molar-refractivity contribution in [3.63, 3.8) is 0 Å². The maximum Gasteiger partial charge on any atom is 0.260 e. The number of halogens is 1. The second-order valence-electron chi connectivity index (χ2n) is 6.82. The van der Waals surface area contributed by atoms with E-state index in [1.165, 1.54) is 0 Å². The van der Waals surface area contributed by atoms with Crippen LogP contribution >= 0.6 is 11.6 Å². The molecule has 0 fully saturated rings. The van der Waals surface area contributed by atoms with E-state index in [4.69, 9.17) is 22.1 Å². The van der Waals surface area contributed by atoms with Crippen molar-refractivity contribution in [2.45, 2.75) is 13.0 Å². The van der Waals surface area contributed by atoms with Crippen LogP contribution in [0.1, 0.15) is 11.1 Å². The minimum atomic E-state index is -0.387. The van der Waals surface area contributed by atoms with Crippen LogP contribution in [0.25, 0.3) is 0 Å². The molecule has 2 aromatic rings. The summed E-state index contributed by atoms with van der Waals surface area (Å²) in [4.78, 5) is 27.5. The molecule has 0 aromatic heterocycles. The van der Waals surface area contributed by atoms with Crippen molar-refractivity contribution in [3.05, 3.63) is 64.7 Å². The maximum absolute atomic E-state index is 12.7. The largest absolute Gasteiger partial charge is 0.484 e. The number of benzene rings is 2. The number of nitrogens with zero attached hydrogens (tertiary/aromatic N) is 2. The molecule has 2 aromatic carbocycles. The molecule has 28 heavy (non-hydrogen) atoms. The smallest absolute Gasteiger partial charge is 0.260 e. The standard InChI is InChI=1S/C21H26ClN3O3/c1-24(2)11-12-25(14-17-3-7-18(22)8-4-17)21(27)15-28-19-9-5-16(6-10-19)13-20(23)26/h3-10H,11-15H2,1-2H3,(H2,23,26). The highest BCUT2D eigenvalue weighted by Gasteiger charge is 2.15. The fraction of sp³-hybridized carbons (Fsp3) is 0.333. The summed E-state index contributed by atoms with van der Waals surface area (Å²) in [6.07, 6.45) is 0.179. The zero-order chi connectivity index (χ0) is 20.5. The summed E-state index contributed by atoms with van der Waals surface area (Å²) >= 11 is 5.94. The lowest BCUT2D eigenvalue weighted by molar-refractivity contribution is -0.134. The summed E-state index contributed by atoms with van der Waals surface area (Å²) in [6, 6.07) is 14.5. The highest BCUT2D eigenvalue weighted by Crippen LogP contribution is 2.14. The van der Waals surface area contributed by atoms with Crippen LogP contribution in [0.15, 0.2) is 48.5 Å². The SMILES string of the molecule is CN(C)CCN(Cc1ccc(Cl)cc1)C(=O)COc1ccc(CC(N)=O)cc1. The molecule has 0 bridgehead atoms. The Bertz CT molecular complexity index is 776. The van der Waals surface area contributed by atoms with Gasteiger partial charge in [-0.05, 0) is 49.5 Å². The van der Waals surface area contributed by atoms with E-state index in [2.05, 4.69) is 0 Å². The number of amides is 2. The van der Waals surface area contributed by atoms with Gasteiger partial charge in [-0.15, -0.1) is 0 Å². The first-order valence-electron chi connectivity index (χ1n) is 9.00. The van der Waals surface area contributed by atoms with Gasteiger partial charge in [0.05, 0.1) is 6.42 Å². The van der Waals surface area contributed by atoms with Crippen molar-refractivity contribution < 1.29 is 14.3 Å². The van der Waals surface area contributed by atoms with Gasteiger partial charge in [0.15, 0.2) is 6.61 Å². The zero-order valence-electron chi connectivity index (χ0n) is 16.2. The summed E-state index contributed by atoms with van der Waals surface area (Å²) in [5.74, 6) is 0.0845. The molecule has 2 amide bonds. The molecular weight excluding hydrogens is 378 g/mol. The van der Waals surface area contributed by atoms with Gasteiger partial charge in [-0.3, -0.25) is 9.59 Å². The predicted octanol–water partition coefficient (Wildman–Crippen LogP) is 2.34. The number of hydrogen-bond donors (Lipinski definition) is 1. The molecule has 7 heteroatoms. The summed E-state index contributed by atoms with van der Waals surface area (Å²) in [5, 5.41) is 0.665. The van der Waals surface area contributed by atoms with Gasteiger partial charge in [-0.25, -0.2) is 0 Å². The van der Waals surface area contributed by atoms with Crippen molar-refractivity contribution in [1.82, 2.24) is 9.80 Å². The van der Waals surface area contributed by atoms with Gasteiger partial charge in [-0.1, -0.05) is 35.9 Å². The number of carbonyl (C=O) groups is 2. The highest BCUT2D eigenvalue weighted by atomic mass is 35.5. The monoisotopic (exact) mass is 403 g/mol. The van der Waals surface area contributed by atoms with Gasteiger partial charge in [0.2, 0.25) is 5.91 Å². The number of primary amides is 1. The second kappa shape index (κ2) is 10.7. The molecule has 0 aliphatic heterocycles. The van der Waals surface area contributed by atoms with Gasteiger partial charge < -0.3 is 20.3 Å². The van der Waals surface area contributed by atoms with Gasteiger partial charge in [0.1, 0.15) is 5.75 Å². The van der Waals surface area contributed by atoms with E-state index in [1.54, 1.807) is 29.2 Å². The molecule has 0 saturated heterocycles. The average Bonchev–Trinajstić information content (AvgIpc) is 2.65. The maximum atomic E-state index is 12.7. The van der Waals surface area contributed by atoms with Crippen LogP contribution in [-0.4, -0.2) is 55.4 Å². The average molecular weight is 404 g/mol. The number of rotatable bonds is 10. The Hall–Kier alpha value is -2.57. The molecule has 0 radical (unpaired) electrons. The number of ether oxygens (including phenoxy) is 1. The normalized spacial score (nSPS) is 10.7. The van der Waals surface area contributed by atoms with E-state index in [0.717, 1.165) is 17.7 Å². The number of hydrogen-bond acceptors (Lipinski definition) is 4. The molecule has 2 N–H and O–H groups in total. The van der Waals surface area contributed by atoms with Crippen LogP contribution in [0.5, 0.6) is 5.75 Å². The molecule has 0 aliphatic carbocycles. The van der Waals surface area contributed by atoms with Crippen molar-refractivity contribution >= 4 is 23.4 Å². The number of likely N-dealkylation sites (N-methyl/N-ethyl adjacent to an activating group) is 1. The summed E-state index contributed by atoms with van der Waals surface area (Å²) in [5.41, 5.74) is 7.00. The quantitative estimate of drug-likeness (QED) is 0.660. The molecule has 150 valence electrons. The third kappa shape index (κ3) is 7.58. The Morgan fingerprint density at radius 1 is 0.964 bits per heavy atom. The molecule has 0 unspecified atom stereocenters. The first kappa shape index (κ1) is 21.7. The lowest BCUT2D eigenvalue weighted by atomic mass is 10.1. The fourth-order valence-corrected chi connectivity index (χ4v) is 2.69. The highest BCUT2D eigenvalue weighted by molar-refractivity contribution is 6.30. The van der Waals surface area contributed by atoms with Gasteiger partial charge in [0.25, 0.3) is 5.91 Å². The number of nitrogens with two attached hydrogens (primary N) is 1. The van der Waals surface area contributed by atoms with Crippen molar-refractivity contribution in [3.8, 4) is 5.75 Å². The molecule has 2 rings (SSSR count). The second-order valence-corrected chi connectivity index (χ2v) is 7.26. The van der Waals surface area contributed by atoms with E-state index in [-0.39, 0.29) is 24.8 Å². The van der Waals surface area contributed by atoms with E-state index in [9.17, 15) is 9.59 Å². The fourth-order valence-electron chi connectivity index (χ4n) is 2.56. The van der Waals surface area contributed by atoms with E-state index in [0.29, 0.717) is 23.9 Å². The van der Waals surface area contributed by atoms with Crippen LogP contribution in [0.3, 0.4) is 0 Å². The van der Waals surface area contributed by atoms with E-state index < -0.39 is 0 Å². The lowest BCUT2D eigenvalue weighted by Gasteiger charge is -2.24. The summed E-state index contributed by atoms with van der Waals surface area (Å²) in [7, 11) is 3.93. The third-order valence-corrected chi connectivity index (χ3v) is 4.37. The summed E-state index contributed by atoms with van der Waals surface area (Å²) < 4.78 is 5.63. The van der Waals surface area contributed by atoms with Gasteiger partial charge >= 0.3 is 0 Å². The number of carbonyl (C=O) groups excluding carboxylic acids is 2. The Morgan fingerprint density at radius 3 is 2.14 bits per heavy atom. The Kier molecular flexibility index (Phi) is 8.29. The van der Waals surface area contributed by atoms with E-state index >= 15 is 0 Å². The van der Waals surface area contributed by atoms with Crippen LogP contribution in [-0.2, 0) is 22.6 Å². The minimum Gasteiger partial charge on any atom is -0.484 e. The lowest BCUT2D eigenvalue weighted by Crippen LogP contribution is -2.38. The molecule has 0 atom stereocenters. The minimum absolute atomic E-state index is 0.0593. The first-order valence-corrected chi connectivity index (χ1v) is 9.38. The molecule has 0 heterocycles. The van der Waals surface area contributed by atoms with Gasteiger partial charge in [0, 0.05) is 24.7 Å². The molecule has 6 nitrogen and oxygen atoms in total. The van der Waals surface area contributed by atoms with Crippen LogP contribution in [0, 0.1) is 0 Å². The van der Waals surface area contributed by atoms with Crippen LogP contribution < -0.4 is 10.5 Å². The first-order chi connectivity index (χ1) is 13.3. The Labute approximate surface area is 170 Å². The van der Waals surface area contributed by atoms with Crippen molar-refractivity contribution in [1.29, 1.82) is 0 Å². The topological polar surface area (TPSA) is 75.9 Å². The molecular formula is C21H26ClN3O3. The third-order valence-electron chi connectivity index (χ3n) is 4.12. The Balaban J connectivity index is 1.96. The van der Waals surface area contributed by atoms with Crippen LogP contribution in [0.4, 0.5) is 0 Å². The molecule has 0 aliphatic rings. The van der Waals surface area contributed by atoms with E-state index in [1.807, 2.05) is 43.3 Å². The predicted molar refractivity (Wildman–Crippen MR) is 110 cm³/mol.